The zero-order valence-corrected chi connectivity index (χ0v) is 10.4. The normalized spacial score (nSPS) is 23.7. The van der Waals surface area contributed by atoms with Gasteiger partial charge in [0.25, 0.3) is 0 Å². The number of para-hydroxylation sites is 1. The van der Waals surface area contributed by atoms with Gasteiger partial charge in [0.1, 0.15) is 17.4 Å². The van der Waals surface area contributed by atoms with E-state index in [4.69, 9.17) is 9.84 Å². The van der Waals surface area contributed by atoms with Crippen molar-refractivity contribution in [3.05, 3.63) is 29.3 Å². The molecular weight excluding hydrogens is 232 g/mol. The van der Waals surface area contributed by atoms with Crippen molar-refractivity contribution in [2.75, 3.05) is 0 Å². The van der Waals surface area contributed by atoms with Crippen molar-refractivity contribution >= 4 is 5.97 Å². The van der Waals surface area contributed by atoms with Gasteiger partial charge in [-0.2, -0.15) is 0 Å². The summed E-state index contributed by atoms with van der Waals surface area (Å²) >= 11 is 0. The van der Waals surface area contributed by atoms with Crippen LogP contribution in [0.1, 0.15) is 41.6 Å². The van der Waals surface area contributed by atoms with Crippen LogP contribution in [-0.2, 0) is 0 Å². The third kappa shape index (κ3) is 2.64. The molecule has 0 saturated heterocycles. The fourth-order valence-electron chi connectivity index (χ4n) is 2.34. The van der Waals surface area contributed by atoms with Gasteiger partial charge in [0.15, 0.2) is 0 Å². The first kappa shape index (κ1) is 12.9. The number of aliphatic hydroxyl groups is 1. The Labute approximate surface area is 106 Å². The molecule has 4 nitrogen and oxygen atoms in total. The SMILES string of the molecule is Cc1cccc(C(=O)O)c1OC1CCCCC1O. The maximum Gasteiger partial charge on any atom is 0.339 e. The van der Waals surface area contributed by atoms with E-state index in [9.17, 15) is 9.90 Å². The summed E-state index contributed by atoms with van der Waals surface area (Å²) in [6, 6.07) is 5.04. The number of carbonyl (C=O) groups is 1. The molecule has 1 saturated carbocycles. The van der Waals surface area contributed by atoms with Crippen LogP contribution in [0.2, 0.25) is 0 Å². The van der Waals surface area contributed by atoms with Crippen molar-refractivity contribution in [3.8, 4) is 5.75 Å². The molecule has 18 heavy (non-hydrogen) atoms. The summed E-state index contributed by atoms with van der Waals surface area (Å²) in [7, 11) is 0. The first-order valence-electron chi connectivity index (χ1n) is 6.27. The summed E-state index contributed by atoms with van der Waals surface area (Å²) in [6.07, 6.45) is 2.71. The molecule has 0 bridgehead atoms. The van der Waals surface area contributed by atoms with E-state index in [2.05, 4.69) is 0 Å². The lowest BCUT2D eigenvalue weighted by molar-refractivity contribution is 0.00572. The Morgan fingerprint density at radius 3 is 2.72 bits per heavy atom. The van der Waals surface area contributed by atoms with Gasteiger partial charge in [0, 0.05) is 0 Å². The predicted octanol–water partition coefficient (Wildman–Crippen LogP) is 2.38. The van der Waals surface area contributed by atoms with Gasteiger partial charge in [0.2, 0.25) is 0 Å². The molecule has 1 aromatic rings. The van der Waals surface area contributed by atoms with Crippen molar-refractivity contribution in [1.82, 2.24) is 0 Å². The number of hydrogen-bond donors (Lipinski definition) is 2. The Balaban J connectivity index is 2.24. The lowest BCUT2D eigenvalue weighted by atomic mass is 9.94. The van der Waals surface area contributed by atoms with Crippen LogP contribution in [0.3, 0.4) is 0 Å². The van der Waals surface area contributed by atoms with E-state index in [1.54, 1.807) is 6.07 Å². The summed E-state index contributed by atoms with van der Waals surface area (Å²) in [5.74, 6) is -0.616. The van der Waals surface area contributed by atoms with Crippen molar-refractivity contribution in [2.45, 2.75) is 44.8 Å². The van der Waals surface area contributed by atoms with Crippen LogP contribution in [0, 0.1) is 6.92 Å². The quantitative estimate of drug-likeness (QED) is 0.864. The molecule has 4 heteroatoms. The predicted molar refractivity (Wildman–Crippen MR) is 67.0 cm³/mol. The Bertz CT molecular complexity index is 441. The second-order valence-corrected chi connectivity index (χ2v) is 4.76. The average Bonchev–Trinajstić information content (AvgIpc) is 2.34. The van der Waals surface area contributed by atoms with E-state index in [0.29, 0.717) is 5.75 Å². The highest BCUT2D eigenvalue weighted by Crippen LogP contribution is 2.29. The minimum atomic E-state index is -1.00. The highest BCUT2D eigenvalue weighted by Gasteiger charge is 2.26. The van der Waals surface area contributed by atoms with E-state index >= 15 is 0 Å². The van der Waals surface area contributed by atoms with Crippen molar-refractivity contribution in [3.63, 3.8) is 0 Å². The number of ether oxygens (including phenoxy) is 1. The molecule has 2 unspecified atom stereocenters. The molecule has 0 amide bonds. The molecule has 0 aromatic heterocycles. The summed E-state index contributed by atoms with van der Waals surface area (Å²) in [5.41, 5.74) is 0.945. The van der Waals surface area contributed by atoms with Gasteiger partial charge in [-0.15, -0.1) is 0 Å². The molecule has 98 valence electrons. The van der Waals surface area contributed by atoms with E-state index in [0.717, 1.165) is 31.2 Å². The van der Waals surface area contributed by atoms with Crippen molar-refractivity contribution in [2.24, 2.45) is 0 Å². The first-order valence-corrected chi connectivity index (χ1v) is 6.27. The maximum atomic E-state index is 11.2. The standard InChI is InChI=1S/C14H18O4/c1-9-5-4-6-10(14(16)17)13(9)18-12-8-3-2-7-11(12)15/h4-6,11-12,15H,2-3,7-8H2,1H3,(H,16,17). The van der Waals surface area contributed by atoms with Crippen molar-refractivity contribution in [1.29, 1.82) is 0 Å². The van der Waals surface area contributed by atoms with Crippen LogP contribution in [-0.4, -0.2) is 28.4 Å². The smallest absolute Gasteiger partial charge is 0.339 e. The summed E-state index contributed by atoms with van der Waals surface area (Å²) < 4.78 is 5.76. The molecule has 1 aliphatic rings. The monoisotopic (exact) mass is 250 g/mol. The minimum Gasteiger partial charge on any atom is -0.487 e. The summed E-state index contributed by atoms with van der Waals surface area (Å²) in [5, 5.41) is 19.0. The fourth-order valence-corrected chi connectivity index (χ4v) is 2.34. The van der Waals surface area contributed by atoms with Crippen molar-refractivity contribution < 1.29 is 19.7 Å². The Kier molecular flexibility index (Phi) is 3.87. The van der Waals surface area contributed by atoms with E-state index in [-0.39, 0.29) is 11.7 Å². The summed E-state index contributed by atoms with van der Waals surface area (Å²) in [4.78, 5) is 11.2. The van der Waals surface area contributed by atoms with Crippen LogP contribution in [0.5, 0.6) is 5.75 Å². The number of aryl methyl sites for hydroxylation is 1. The van der Waals surface area contributed by atoms with Crippen LogP contribution in [0.15, 0.2) is 18.2 Å². The first-order chi connectivity index (χ1) is 8.59. The number of rotatable bonds is 3. The zero-order valence-electron chi connectivity index (χ0n) is 10.4. The molecule has 2 rings (SSSR count). The molecule has 0 aliphatic heterocycles. The number of benzene rings is 1. The second kappa shape index (κ2) is 5.40. The highest BCUT2D eigenvalue weighted by atomic mass is 16.5. The maximum absolute atomic E-state index is 11.2. The van der Waals surface area contributed by atoms with Gasteiger partial charge in [-0.25, -0.2) is 4.79 Å². The molecule has 2 atom stereocenters. The number of carboxylic acids is 1. The molecule has 2 N–H and O–H groups in total. The zero-order chi connectivity index (χ0) is 13.1. The second-order valence-electron chi connectivity index (χ2n) is 4.76. The highest BCUT2D eigenvalue weighted by molar-refractivity contribution is 5.91. The van der Waals surface area contributed by atoms with Gasteiger partial charge in [-0.1, -0.05) is 18.6 Å². The lowest BCUT2D eigenvalue weighted by Crippen LogP contribution is -2.35. The van der Waals surface area contributed by atoms with Crippen LogP contribution in [0.4, 0.5) is 0 Å². The van der Waals surface area contributed by atoms with Crippen LogP contribution >= 0.6 is 0 Å². The largest absolute Gasteiger partial charge is 0.487 e. The number of hydrogen-bond acceptors (Lipinski definition) is 3. The van der Waals surface area contributed by atoms with Gasteiger partial charge < -0.3 is 14.9 Å². The summed E-state index contributed by atoms with van der Waals surface area (Å²) in [6.45, 7) is 1.82. The molecule has 0 heterocycles. The third-order valence-corrected chi connectivity index (χ3v) is 3.38. The molecule has 1 aliphatic carbocycles. The van der Waals surface area contributed by atoms with Crippen LogP contribution in [0.25, 0.3) is 0 Å². The van der Waals surface area contributed by atoms with E-state index in [1.165, 1.54) is 6.07 Å². The number of carboxylic acid groups (broad SMARTS) is 1. The Morgan fingerprint density at radius 1 is 1.33 bits per heavy atom. The molecule has 0 radical (unpaired) electrons. The molecule has 1 aromatic carbocycles. The minimum absolute atomic E-state index is 0.160. The van der Waals surface area contributed by atoms with Gasteiger partial charge >= 0.3 is 5.97 Å². The van der Waals surface area contributed by atoms with E-state index < -0.39 is 12.1 Å². The molecule has 1 fully saturated rings. The third-order valence-electron chi connectivity index (χ3n) is 3.38. The Hall–Kier alpha value is -1.55. The molecule has 0 spiro atoms. The molecular formula is C14H18O4. The van der Waals surface area contributed by atoms with Crippen LogP contribution < -0.4 is 4.74 Å². The van der Waals surface area contributed by atoms with Gasteiger partial charge in [0.05, 0.1) is 6.10 Å². The Morgan fingerprint density at radius 2 is 2.06 bits per heavy atom. The lowest BCUT2D eigenvalue weighted by Gasteiger charge is -2.29. The van der Waals surface area contributed by atoms with E-state index in [1.807, 2.05) is 13.0 Å². The number of aromatic carboxylic acids is 1. The van der Waals surface area contributed by atoms with Gasteiger partial charge in [-0.3, -0.25) is 0 Å². The van der Waals surface area contributed by atoms with Gasteiger partial charge in [-0.05, 0) is 37.8 Å². The fraction of sp³-hybridized carbons (Fsp3) is 0.500. The average molecular weight is 250 g/mol. The number of aliphatic hydroxyl groups excluding tert-OH is 1. The topological polar surface area (TPSA) is 66.8 Å².